The lowest BCUT2D eigenvalue weighted by molar-refractivity contribution is 0.660. The average Bonchev–Trinajstić information content (AvgIpc) is 4.09. The molecule has 0 radical (unpaired) electrons. The van der Waals surface area contributed by atoms with Crippen molar-refractivity contribution >= 4 is 80.8 Å². The van der Waals surface area contributed by atoms with E-state index < -0.39 is 0 Å². The number of fused-ring (bicyclic) bond motifs is 12. The molecule has 0 amide bonds. The SMILES string of the molecule is CC1C=CC(n2c3ccccc3c3cccc(-c4cc(-c5ccc6c(c5)c5ccccc5n6-c5ccc6c(c5)-c5ccccc5C6(C)C)cc(-c5cccc6c5sc5ccccc56)c4)c32)=CC1. The Bertz CT molecular complexity index is 4120. The van der Waals surface area contributed by atoms with E-state index in [4.69, 9.17) is 0 Å². The fourth-order valence-corrected chi connectivity index (χ4v) is 13.0. The summed E-state index contributed by atoms with van der Waals surface area (Å²) in [5.41, 5.74) is 20.1. The number of thiophene rings is 1. The molecule has 0 aliphatic heterocycles. The molecule has 0 N–H and O–H groups in total. The van der Waals surface area contributed by atoms with Gasteiger partial charge >= 0.3 is 0 Å². The number of hydrogen-bond acceptors (Lipinski definition) is 1. The van der Waals surface area contributed by atoms with E-state index in [1.807, 2.05) is 11.3 Å². The van der Waals surface area contributed by atoms with E-state index in [2.05, 4.69) is 236 Å². The number of rotatable bonds is 5. The van der Waals surface area contributed by atoms with Crippen molar-refractivity contribution in [3.8, 4) is 50.2 Å². The summed E-state index contributed by atoms with van der Waals surface area (Å²) in [6.45, 7) is 7.01. The van der Waals surface area contributed by atoms with Crippen LogP contribution in [0.25, 0.3) is 120 Å². The van der Waals surface area contributed by atoms with Gasteiger partial charge in [-0.3, -0.25) is 0 Å². The summed E-state index contributed by atoms with van der Waals surface area (Å²) in [5, 5.41) is 7.68. The van der Waals surface area contributed by atoms with Gasteiger partial charge in [0.2, 0.25) is 0 Å². The minimum atomic E-state index is -0.0406. The molecule has 3 aromatic heterocycles. The zero-order chi connectivity index (χ0) is 44.5. The predicted molar refractivity (Wildman–Crippen MR) is 288 cm³/mol. The molecule has 0 saturated heterocycles. The topological polar surface area (TPSA) is 9.86 Å². The summed E-state index contributed by atoms with van der Waals surface area (Å²) in [7, 11) is 0. The molecular formula is C64H46N2S. The largest absolute Gasteiger partial charge is 0.309 e. The molecule has 0 spiro atoms. The second kappa shape index (κ2) is 14.4. The van der Waals surface area contributed by atoms with E-state index in [0.717, 1.165) is 6.42 Å². The van der Waals surface area contributed by atoms with E-state index in [9.17, 15) is 0 Å². The van der Waals surface area contributed by atoms with Crippen LogP contribution in [0.2, 0.25) is 0 Å². The van der Waals surface area contributed by atoms with E-state index in [1.54, 1.807) is 0 Å². The maximum Gasteiger partial charge on any atom is 0.0619 e. The predicted octanol–water partition coefficient (Wildman–Crippen LogP) is 18.0. The molecule has 3 heterocycles. The number of benzene rings is 9. The third kappa shape index (κ3) is 5.68. The summed E-state index contributed by atoms with van der Waals surface area (Å²) in [5.74, 6) is 0.525. The number of allylic oxidation sites excluding steroid dienone is 4. The minimum absolute atomic E-state index is 0.0406. The Hall–Kier alpha value is -7.72. The van der Waals surface area contributed by atoms with Gasteiger partial charge < -0.3 is 9.13 Å². The van der Waals surface area contributed by atoms with Crippen LogP contribution in [0, 0.1) is 5.92 Å². The molecule has 1 unspecified atom stereocenters. The van der Waals surface area contributed by atoms with Crippen LogP contribution in [0.4, 0.5) is 0 Å². The van der Waals surface area contributed by atoms with E-state index >= 15 is 0 Å². The van der Waals surface area contributed by atoms with Gasteiger partial charge in [0.1, 0.15) is 0 Å². The lowest BCUT2D eigenvalue weighted by Crippen LogP contribution is -2.14. The molecule has 2 nitrogen and oxygen atoms in total. The summed E-state index contributed by atoms with van der Waals surface area (Å²) >= 11 is 1.90. The van der Waals surface area contributed by atoms with Crippen molar-refractivity contribution in [1.29, 1.82) is 0 Å². The molecule has 0 bridgehead atoms. The van der Waals surface area contributed by atoms with E-state index in [0.29, 0.717) is 5.92 Å². The van der Waals surface area contributed by atoms with Crippen LogP contribution >= 0.6 is 11.3 Å². The second-order valence-electron chi connectivity index (χ2n) is 19.3. The Kier molecular flexibility index (Phi) is 8.28. The molecule has 9 aromatic carbocycles. The normalized spacial score (nSPS) is 15.3. The highest BCUT2D eigenvalue weighted by atomic mass is 32.1. The summed E-state index contributed by atoms with van der Waals surface area (Å²) in [6.07, 6.45) is 8.14. The Labute approximate surface area is 394 Å². The molecule has 0 saturated carbocycles. The van der Waals surface area contributed by atoms with Crippen molar-refractivity contribution in [2.24, 2.45) is 5.92 Å². The molecular weight excluding hydrogens is 829 g/mol. The molecule has 1 atom stereocenters. The molecule has 14 rings (SSSR count). The van der Waals surface area contributed by atoms with Gasteiger partial charge in [0.25, 0.3) is 0 Å². The van der Waals surface area contributed by atoms with Crippen molar-refractivity contribution < 1.29 is 0 Å². The first-order valence-electron chi connectivity index (χ1n) is 23.6. The fourth-order valence-electron chi connectivity index (χ4n) is 11.8. The van der Waals surface area contributed by atoms with Crippen LogP contribution in [-0.4, -0.2) is 9.13 Å². The molecule has 318 valence electrons. The Balaban J connectivity index is 1.01. The third-order valence-electron chi connectivity index (χ3n) is 15.0. The Morgan fingerprint density at radius 3 is 1.91 bits per heavy atom. The first-order valence-corrected chi connectivity index (χ1v) is 24.5. The molecule has 2 aliphatic carbocycles. The van der Waals surface area contributed by atoms with Gasteiger partial charge in [-0.2, -0.15) is 0 Å². The van der Waals surface area contributed by atoms with Crippen molar-refractivity contribution in [3.05, 3.63) is 217 Å². The molecule has 2 aliphatic rings. The van der Waals surface area contributed by atoms with E-state index in [1.165, 1.54) is 131 Å². The summed E-state index contributed by atoms with van der Waals surface area (Å²) in [6, 6.07) is 71.0. The number of para-hydroxylation sites is 3. The van der Waals surface area contributed by atoms with Crippen LogP contribution in [0.1, 0.15) is 38.3 Å². The lowest BCUT2D eigenvalue weighted by Gasteiger charge is -2.21. The maximum atomic E-state index is 2.51. The highest BCUT2D eigenvalue weighted by molar-refractivity contribution is 7.26. The molecule has 12 aromatic rings. The molecule has 0 fully saturated rings. The number of nitrogens with zero attached hydrogens (tertiary/aromatic N) is 2. The van der Waals surface area contributed by atoms with Crippen LogP contribution in [0.15, 0.2) is 206 Å². The van der Waals surface area contributed by atoms with Gasteiger partial charge in [0.05, 0.1) is 22.1 Å². The van der Waals surface area contributed by atoms with Crippen LogP contribution in [0.3, 0.4) is 0 Å². The lowest BCUT2D eigenvalue weighted by atomic mass is 9.82. The summed E-state index contributed by atoms with van der Waals surface area (Å²) in [4.78, 5) is 0. The van der Waals surface area contributed by atoms with Gasteiger partial charge in [0.15, 0.2) is 0 Å². The van der Waals surface area contributed by atoms with Crippen molar-refractivity contribution in [2.45, 2.75) is 32.6 Å². The first kappa shape index (κ1) is 38.5. The van der Waals surface area contributed by atoms with Crippen LogP contribution < -0.4 is 0 Å². The van der Waals surface area contributed by atoms with Gasteiger partial charge in [-0.25, -0.2) is 0 Å². The zero-order valence-corrected chi connectivity index (χ0v) is 38.5. The van der Waals surface area contributed by atoms with Gasteiger partial charge in [0, 0.05) is 64.1 Å². The third-order valence-corrected chi connectivity index (χ3v) is 16.3. The van der Waals surface area contributed by atoms with Crippen molar-refractivity contribution in [2.75, 3.05) is 0 Å². The van der Waals surface area contributed by atoms with Gasteiger partial charge in [-0.15, -0.1) is 11.3 Å². The Morgan fingerprint density at radius 1 is 0.463 bits per heavy atom. The van der Waals surface area contributed by atoms with Gasteiger partial charge in [-0.05, 0) is 129 Å². The zero-order valence-electron chi connectivity index (χ0n) is 37.7. The monoisotopic (exact) mass is 874 g/mol. The highest BCUT2D eigenvalue weighted by Gasteiger charge is 2.35. The standard InChI is InChI=1S/C64H46N2S/c1-39-26-29-44(30-27-39)66-59-24-10-5-15-49(59)52-20-12-18-46(62(52)66)42-34-41(35-43(36-42)47-19-13-21-53-51-17-7-11-25-61(51)67-63(47)53)40-28-33-60-55(37-40)50-16-6-9-23-58(50)65(60)45-31-32-57-54(38-45)48-14-4-8-22-56(48)64(57,2)3/h4-26,28-39H,27H2,1-3H3. The number of aromatic nitrogens is 2. The fraction of sp³-hybridized carbons (Fsp3) is 0.0938. The molecule has 67 heavy (non-hydrogen) atoms. The van der Waals surface area contributed by atoms with E-state index in [-0.39, 0.29) is 5.41 Å². The van der Waals surface area contributed by atoms with Gasteiger partial charge in [-0.1, -0.05) is 160 Å². The maximum absolute atomic E-state index is 2.51. The van der Waals surface area contributed by atoms with Crippen LogP contribution in [-0.2, 0) is 5.41 Å². The second-order valence-corrected chi connectivity index (χ2v) is 20.4. The number of hydrogen-bond donors (Lipinski definition) is 0. The first-order chi connectivity index (χ1) is 32.9. The quantitative estimate of drug-likeness (QED) is 0.163. The van der Waals surface area contributed by atoms with Crippen molar-refractivity contribution in [1.82, 2.24) is 9.13 Å². The average molecular weight is 875 g/mol. The smallest absolute Gasteiger partial charge is 0.0619 e. The highest BCUT2D eigenvalue weighted by Crippen LogP contribution is 2.50. The molecule has 3 heteroatoms. The Morgan fingerprint density at radius 2 is 1.09 bits per heavy atom. The summed E-state index contributed by atoms with van der Waals surface area (Å²) < 4.78 is 7.63. The minimum Gasteiger partial charge on any atom is -0.309 e. The van der Waals surface area contributed by atoms with Crippen molar-refractivity contribution in [3.63, 3.8) is 0 Å². The van der Waals surface area contributed by atoms with Crippen LogP contribution in [0.5, 0.6) is 0 Å².